The van der Waals surface area contributed by atoms with E-state index in [1.807, 2.05) is 4.90 Å². The molecule has 2 fully saturated rings. The van der Waals surface area contributed by atoms with Crippen LogP contribution in [0.5, 0.6) is 0 Å². The lowest BCUT2D eigenvalue weighted by atomic mass is 9.78. The molecule has 28 heavy (non-hydrogen) atoms. The Morgan fingerprint density at radius 2 is 1.93 bits per heavy atom. The van der Waals surface area contributed by atoms with Crippen LogP contribution in [0.1, 0.15) is 50.0 Å². The number of rotatable bonds is 6. The van der Waals surface area contributed by atoms with Crippen molar-refractivity contribution in [3.63, 3.8) is 0 Å². The minimum atomic E-state index is -3.95. The van der Waals surface area contributed by atoms with E-state index in [0.717, 1.165) is 32.1 Å². The number of nitrogens with zero attached hydrogens (tertiary/aromatic N) is 2. The number of carbonyl (C=O) groups is 2. The second kappa shape index (κ2) is 8.60. The highest BCUT2D eigenvalue weighted by molar-refractivity contribution is 7.89. The van der Waals surface area contributed by atoms with Crippen molar-refractivity contribution in [1.82, 2.24) is 14.8 Å². The fraction of sp³-hybridized carbons (Fsp3) is 0.722. The van der Waals surface area contributed by atoms with E-state index >= 15 is 0 Å². The zero-order valence-corrected chi connectivity index (χ0v) is 17.1. The zero-order valence-electron chi connectivity index (χ0n) is 16.3. The van der Waals surface area contributed by atoms with Gasteiger partial charge in [-0.1, -0.05) is 18.0 Å². The van der Waals surface area contributed by atoms with Gasteiger partial charge in [0.15, 0.2) is 12.4 Å². The number of aromatic nitrogens is 1. The average Bonchev–Trinajstić information content (AvgIpc) is 3.03. The summed E-state index contributed by atoms with van der Waals surface area (Å²) in [5, 5.41) is 3.59. The van der Waals surface area contributed by atoms with Gasteiger partial charge < -0.3 is 14.2 Å². The monoisotopic (exact) mass is 413 g/mol. The highest BCUT2D eigenvalue weighted by atomic mass is 32.2. The molecule has 1 aromatic rings. The van der Waals surface area contributed by atoms with Crippen molar-refractivity contribution in [2.24, 2.45) is 5.92 Å². The molecule has 2 aliphatic rings. The van der Waals surface area contributed by atoms with Crippen LogP contribution in [0, 0.1) is 19.8 Å². The van der Waals surface area contributed by atoms with E-state index in [0.29, 0.717) is 12.5 Å². The molecule has 0 radical (unpaired) electrons. The molecule has 1 N–H and O–H groups in total. The Kier molecular flexibility index (Phi) is 6.39. The number of piperidine rings is 1. The van der Waals surface area contributed by atoms with Gasteiger partial charge in [0.25, 0.3) is 5.91 Å². The molecule has 1 amide bonds. The largest absolute Gasteiger partial charge is 0.455 e. The number of aryl methyl sites for hydroxylation is 2. The first-order valence-corrected chi connectivity index (χ1v) is 11.2. The van der Waals surface area contributed by atoms with Crippen molar-refractivity contribution in [2.45, 2.75) is 63.3 Å². The first-order valence-electron chi connectivity index (χ1n) is 9.67. The van der Waals surface area contributed by atoms with Crippen LogP contribution in [-0.4, -0.2) is 56.1 Å². The first-order chi connectivity index (χ1) is 13.3. The van der Waals surface area contributed by atoms with Gasteiger partial charge in [0.1, 0.15) is 17.1 Å². The molecule has 1 saturated heterocycles. The molecule has 9 nitrogen and oxygen atoms in total. The van der Waals surface area contributed by atoms with Crippen molar-refractivity contribution in [3.8, 4) is 0 Å². The minimum Gasteiger partial charge on any atom is -0.455 e. The molecule has 0 bridgehead atoms. The molecule has 2 atom stereocenters. The Morgan fingerprint density at radius 3 is 2.64 bits per heavy atom. The number of likely N-dealkylation sites (tertiary alicyclic amines) is 1. The summed E-state index contributed by atoms with van der Waals surface area (Å²) in [7, 11) is -3.95. The number of carbonyl (C=O) groups excluding carboxylic acids is 2. The number of hydrogen-bond donors (Lipinski definition) is 1. The van der Waals surface area contributed by atoms with E-state index in [-0.39, 0.29) is 34.9 Å². The smallest absolute Gasteiger partial charge is 0.321 e. The van der Waals surface area contributed by atoms with Crippen LogP contribution >= 0.6 is 0 Å². The Hall–Kier alpha value is -1.94. The second-order valence-electron chi connectivity index (χ2n) is 7.48. The Labute approximate surface area is 164 Å². The molecule has 156 valence electrons. The van der Waals surface area contributed by atoms with Crippen molar-refractivity contribution >= 4 is 21.9 Å². The van der Waals surface area contributed by atoms with E-state index in [2.05, 4.69) is 9.88 Å². The molecule has 1 saturated carbocycles. The maximum atomic E-state index is 12.5. The third-order valence-corrected chi connectivity index (χ3v) is 7.21. The standard InChI is InChI=1S/C18H27N3O6S/c1-12-18(13(2)27-20-12)28(24,25)19-10-17(23)26-11-16(22)21-9-5-7-14-6-3-4-8-15(14)21/h14-15,19H,3-11H2,1-2H3/t14-,15+/m1/s1. The molecule has 3 rings (SSSR count). The van der Waals surface area contributed by atoms with Gasteiger partial charge in [-0.15, -0.1) is 0 Å². The van der Waals surface area contributed by atoms with Crippen LogP contribution in [0.25, 0.3) is 0 Å². The molecule has 0 unspecified atom stereocenters. The summed E-state index contributed by atoms with van der Waals surface area (Å²) in [6.45, 7) is 2.74. The molecule has 1 aromatic heterocycles. The first kappa shape index (κ1) is 20.8. The van der Waals surface area contributed by atoms with Crippen LogP contribution in [0.2, 0.25) is 0 Å². The number of fused-ring (bicyclic) bond motifs is 1. The molecule has 1 aliphatic carbocycles. The van der Waals surface area contributed by atoms with Crippen LogP contribution in [0.3, 0.4) is 0 Å². The third-order valence-electron chi connectivity index (χ3n) is 5.56. The van der Waals surface area contributed by atoms with E-state index in [4.69, 9.17) is 9.26 Å². The number of esters is 1. The highest BCUT2D eigenvalue weighted by Gasteiger charge is 2.35. The molecular formula is C18H27N3O6S. The number of sulfonamides is 1. The van der Waals surface area contributed by atoms with Gasteiger partial charge in [0.05, 0.1) is 0 Å². The molecule has 0 aromatic carbocycles. The SMILES string of the molecule is Cc1noc(C)c1S(=O)(=O)NCC(=O)OCC(=O)N1CCC[C@H]2CCCC[C@@H]21. The van der Waals surface area contributed by atoms with Crippen molar-refractivity contribution < 1.29 is 27.3 Å². The van der Waals surface area contributed by atoms with Crippen molar-refractivity contribution in [1.29, 1.82) is 0 Å². The lowest BCUT2D eigenvalue weighted by molar-refractivity contribution is -0.154. The number of hydrogen-bond acceptors (Lipinski definition) is 7. The maximum Gasteiger partial charge on any atom is 0.321 e. The lowest BCUT2D eigenvalue weighted by Crippen LogP contribution is -2.51. The van der Waals surface area contributed by atoms with Crippen LogP contribution < -0.4 is 4.72 Å². The Balaban J connectivity index is 1.49. The summed E-state index contributed by atoms with van der Waals surface area (Å²) >= 11 is 0. The van der Waals surface area contributed by atoms with Gasteiger partial charge in [-0.25, -0.2) is 8.42 Å². The summed E-state index contributed by atoms with van der Waals surface area (Å²) in [4.78, 5) is 26.2. The fourth-order valence-corrected chi connectivity index (χ4v) is 5.59. The number of ether oxygens (including phenoxy) is 1. The third kappa shape index (κ3) is 4.54. The van der Waals surface area contributed by atoms with Crippen LogP contribution in [0.15, 0.2) is 9.42 Å². The molecule has 10 heteroatoms. The molecule has 1 aliphatic heterocycles. The van der Waals surface area contributed by atoms with Gasteiger partial charge in [-0.05, 0) is 45.4 Å². The van der Waals surface area contributed by atoms with Crippen molar-refractivity contribution in [2.75, 3.05) is 19.7 Å². The summed E-state index contributed by atoms with van der Waals surface area (Å²) in [5.74, 6) is -0.330. The summed E-state index contributed by atoms with van der Waals surface area (Å²) in [6.07, 6.45) is 6.60. The quantitative estimate of drug-likeness (QED) is 0.698. The predicted octanol–water partition coefficient (Wildman–Crippen LogP) is 1.29. The summed E-state index contributed by atoms with van der Waals surface area (Å²) in [5.41, 5.74) is 0.209. The van der Waals surface area contributed by atoms with Crippen molar-refractivity contribution in [3.05, 3.63) is 11.5 Å². The fourth-order valence-electron chi connectivity index (χ4n) is 4.29. The van der Waals surface area contributed by atoms with E-state index in [1.165, 1.54) is 20.3 Å². The Bertz CT molecular complexity index is 813. The molecular weight excluding hydrogens is 386 g/mol. The summed E-state index contributed by atoms with van der Waals surface area (Å²) in [6, 6.07) is 0.242. The zero-order chi connectivity index (χ0) is 20.3. The van der Waals surface area contributed by atoms with Crippen LogP contribution in [0.4, 0.5) is 0 Å². The second-order valence-corrected chi connectivity index (χ2v) is 9.18. The number of amides is 1. The average molecular weight is 413 g/mol. The number of nitrogens with one attached hydrogen (secondary N) is 1. The van der Waals surface area contributed by atoms with Gasteiger partial charge in [-0.3, -0.25) is 9.59 Å². The van der Waals surface area contributed by atoms with Crippen LogP contribution in [-0.2, 0) is 24.3 Å². The predicted molar refractivity (Wildman–Crippen MR) is 98.8 cm³/mol. The normalized spacial score (nSPS) is 22.6. The molecule has 2 heterocycles. The molecule has 0 spiro atoms. The van der Waals surface area contributed by atoms with E-state index in [1.54, 1.807) is 0 Å². The van der Waals surface area contributed by atoms with Gasteiger partial charge in [0, 0.05) is 12.6 Å². The maximum absolute atomic E-state index is 12.5. The Morgan fingerprint density at radius 1 is 1.21 bits per heavy atom. The van der Waals surface area contributed by atoms with Gasteiger partial charge in [0.2, 0.25) is 10.0 Å². The topological polar surface area (TPSA) is 119 Å². The minimum absolute atomic E-state index is 0.0898. The van der Waals surface area contributed by atoms with Gasteiger partial charge in [-0.2, -0.15) is 4.72 Å². The highest BCUT2D eigenvalue weighted by Crippen LogP contribution is 2.35. The lowest BCUT2D eigenvalue weighted by Gasteiger charge is -2.44. The van der Waals surface area contributed by atoms with Gasteiger partial charge >= 0.3 is 5.97 Å². The van der Waals surface area contributed by atoms with E-state index < -0.39 is 22.5 Å². The summed E-state index contributed by atoms with van der Waals surface area (Å²) < 4.78 is 36.6. The van der Waals surface area contributed by atoms with E-state index in [9.17, 15) is 18.0 Å².